The van der Waals surface area contributed by atoms with Crippen LogP contribution in [0.4, 0.5) is 33.2 Å². The molecule has 26 nitrogen and oxygen atoms in total. The van der Waals surface area contributed by atoms with Gasteiger partial charge in [0.05, 0.1) is 46.7 Å². The Labute approximate surface area is 340 Å². The fourth-order valence-corrected chi connectivity index (χ4v) is 9.51. The Kier molecular flexibility index (Phi) is 14.1. The second-order valence-electron chi connectivity index (χ2n) is 11.7. The van der Waals surface area contributed by atoms with Crippen molar-refractivity contribution in [1.29, 1.82) is 0 Å². The fraction of sp³-hybridized carbons (Fsp3) is 0.179. The summed E-state index contributed by atoms with van der Waals surface area (Å²) < 4.78 is 188. The predicted molar refractivity (Wildman–Crippen MR) is 206 cm³/mol. The molecule has 326 valence electrons. The minimum absolute atomic E-state index is 0.0402. The van der Waals surface area contributed by atoms with E-state index in [9.17, 15) is 64.4 Å². The molecule has 32 heteroatoms. The molecular weight excluding hydrogens is 931 g/mol. The standard InChI is InChI=1S/C28H29N7O19S6/c29-21-14-24(32-28(30)36)25(12-17(21)15-31-33-22-6-3-19(13-26(22)57(41,42)43)56(39,40)10-8-54-60(50,51)52)35-34-23-5-1-16-11-18(2-4-20(16)27(23)58(44,45)46)55(37,38)9-7-53-59(47,48)49/h1-6,11-14H,7-10,15,29H2,(H3,30,32,36)(H,41,42,43)(H,44,45,46)(H,47,48,49)(H,50,51,52). The number of fused-ring (bicyclic) bond motifs is 1. The first-order chi connectivity index (χ1) is 27.5. The molecule has 9 N–H and O–H groups in total. The van der Waals surface area contributed by atoms with Crippen molar-refractivity contribution >= 4 is 106 Å². The first kappa shape index (κ1) is 47.5. The number of azo groups is 2. The third kappa shape index (κ3) is 12.9. The van der Waals surface area contributed by atoms with Crippen LogP contribution >= 0.6 is 0 Å². The summed E-state index contributed by atoms with van der Waals surface area (Å²) >= 11 is 0. The molecule has 0 aliphatic heterocycles. The highest BCUT2D eigenvalue weighted by Crippen LogP contribution is 2.37. The van der Waals surface area contributed by atoms with E-state index in [1.807, 2.05) is 0 Å². The van der Waals surface area contributed by atoms with E-state index in [2.05, 4.69) is 34.1 Å². The summed E-state index contributed by atoms with van der Waals surface area (Å²) in [6.07, 6.45) is 0. The number of rotatable bonds is 18. The molecule has 4 aromatic carbocycles. The van der Waals surface area contributed by atoms with Crippen molar-refractivity contribution in [2.75, 3.05) is 35.8 Å². The number of sulfone groups is 2. The fourth-order valence-electron chi connectivity index (χ4n) is 4.92. The van der Waals surface area contributed by atoms with Crippen LogP contribution in [0.15, 0.2) is 101 Å². The number of hydrogen-bond donors (Lipinski definition) is 7. The average Bonchev–Trinajstić information content (AvgIpc) is 3.09. The van der Waals surface area contributed by atoms with E-state index in [0.717, 1.165) is 48.5 Å². The topological polar surface area (TPSA) is 435 Å². The highest BCUT2D eigenvalue weighted by atomic mass is 32.3. The SMILES string of the molecule is NC(=O)Nc1cc(N)c(CN=Nc2ccc(S(=O)(=O)CCOS(=O)(=O)O)cc2S(=O)(=O)O)cc1N=Nc1ccc2cc(S(=O)(=O)CCOS(=O)(=O)O)ccc2c1S(=O)(=O)O. The van der Waals surface area contributed by atoms with E-state index in [1.54, 1.807) is 0 Å². The number of nitrogens with two attached hydrogens (primary N) is 2. The molecule has 0 radical (unpaired) electrons. The number of carbonyl (C=O) groups is 1. The van der Waals surface area contributed by atoms with E-state index in [4.69, 9.17) is 20.6 Å². The largest absolute Gasteiger partial charge is 0.398 e. The number of carbonyl (C=O) groups excluding carboxylic acids is 1. The summed E-state index contributed by atoms with van der Waals surface area (Å²) in [6.45, 7) is -2.50. The number of primary amides is 1. The first-order valence-corrected chi connectivity index (χ1v) is 24.5. The van der Waals surface area contributed by atoms with E-state index in [0.29, 0.717) is 6.07 Å². The molecule has 4 rings (SSSR count). The van der Waals surface area contributed by atoms with Crippen LogP contribution in [0.5, 0.6) is 0 Å². The van der Waals surface area contributed by atoms with Crippen molar-refractivity contribution in [1.82, 2.24) is 0 Å². The van der Waals surface area contributed by atoms with Crippen molar-refractivity contribution in [3.05, 3.63) is 66.2 Å². The van der Waals surface area contributed by atoms with Gasteiger partial charge in [0.2, 0.25) is 0 Å². The molecule has 0 saturated carbocycles. The van der Waals surface area contributed by atoms with Crippen molar-refractivity contribution in [2.45, 2.75) is 26.1 Å². The van der Waals surface area contributed by atoms with E-state index in [-0.39, 0.29) is 33.4 Å². The molecule has 0 fully saturated rings. The first-order valence-electron chi connectivity index (χ1n) is 15.6. The third-order valence-electron chi connectivity index (χ3n) is 7.48. The van der Waals surface area contributed by atoms with Gasteiger partial charge in [-0.2, -0.15) is 43.9 Å². The van der Waals surface area contributed by atoms with Gasteiger partial charge in [0, 0.05) is 16.6 Å². The predicted octanol–water partition coefficient (Wildman–Crippen LogP) is 2.29. The number of nitrogens with one attached hydrogen (secondary N) is 1. The van der Waals surface area contributed by atoms with Crippen molar-refractivity contribution < 1.29 is 81.9 Å². The number of hydrogen-bond acceptors (Lipinski definition) is 20. The molecule has 0 aromatic heterocycles. The monoisotopic (exact) mass is 959 g/mol. The molecule has 60 heavy (non-hydrogen) atoms. The molecule has 0 atom stereocenters. The average molecular weight is 960 g/mol. The van der Waals surface area contributed by atoms with Crippen LogP contribution in [0.3, 0.4) is 0 Å². The Balaban J connectivity index is 1.70. The number of benzene rings is 4. The van der Waals surface area contributed by atoms with Gasteiger partial charge in [0.15, 0.2) is 19.7 Å². The van der Waals surface area contributed by atoms with Crippen LogP contribution < -0.4 is 16.8 Å². The Morgan fingerprint density at radius 3 is 1.70 bits per heavy atom. The summed E-state index contributed by atoms with van der Waals surface area (Å²) in [7, 11) is -29.0. The minimum Gasteiger partial charge on any atom is -0.398 e. The van der Waals surface area contributed by atoms with Gasteiger partial charge >= 0.3 is 26.8 Å². The van der Waals surface area contributed by atoms with Crippen molar-refractivity contribution in [2.24, 2.45) is 26.2 Å². The Bertz CT molecular complexity index is 3120. The van der Waals surface area contributed by atoms with Crippen LogP contribution in [0.1, 0.15) is 5.56 Å². The molecule has 0 bridgehead atoms. The van der Waals surface area contributed by atoms with Crippen LogP contribution in [0, 0.1) is 0 Å². The number of amides is 2. The maximum absolute atomic E-state index is 12.7. The van der Waals surface area contributed by atoms with E-state index in [1.165, 1.54) is 6.07 Å². The van der Waals surface area contributed by atoms with Crippen molar-refractivity contribution in [3.8, 4) is 0 Å². The zero-order chi connectivity index (χ0) is 45.1. The maximum Gasteiger partial charge on any atom is 0.397 e. The highest BCUT2D eigenvalue weighted by Gasteiger charge is 2.25. The molecule has 0 saturated heterocycles. The van der Waals surface area contributed by atoms with Crippen LogP contribution in [0.25, 0.3) is 10.8 Å². The maximum atomic E-state index is 12.7. The zero-order valence-corrected chi connectivity index (χ0v) is 34.5. The second-order valence-corrected chi connectivity index (χ2v) is 20.8. The number of urea groups is 1. The van der Waals surface area contributed by atoms with E-state index >= 15 is 0 Å². The van der Waals surface area contributed by atoms with Crippen molar-refractivity contribution in [3.63, 3.8) is 0 Å². The lowest BCUT2D eigenvalue weighted by molar-refractivity contribution is 0.259. The summed E-state index contributed by atoms with van der Waals surface area (Å²) in [6, 6.07) is 8.51. The lowest BCUT2D eigenvalue weighted by Gasteiger charge is -2.11. The number of nitrogens with zero attached hydrogens (tertiary/aromatic N) is 4. The van der Waals surface area contributed by atoms with Crippen LogP contribution in [-0.2, 0) is 75.6 Å². The highest BCUT2D eigenvalue weighted by molar-refractivity contribution is 7.92. The minimum atomic E-state index is -5.17. The van der Waals surface area contributed by atoms with Gasteiger partial charge in [-0.3, -0.25) is 18.2 Å². The summed E-state index contributed by atoms with van der Waals surface area (Å²) in [5, 5.41) is 17.3. The van der Waals surface area contributed by atoms with Gasteiger partial charge in [-0.25, -0.2) is 30.0 Å². The summed E-state index contributed by atoms with van der Waals surface area (Å²) in [5.41, 5.74) is 9.70. The molecule has 0 aliphatic rings. The van der Waals surface area contributed by atoms with Gasteiger partial charge in [0.25, 0.3) is 20.2 Å². The lowest BCUT2D eigenvalue weighted by atomic mass is 10.1. The molecule has 0 aliphatic carbocycles. The summed E-state index contributed by atoms with van der Waals surface area (Å²) in [5.74, 6) is -1.94. The molecule has 0 spiro atoms. The van der Waals surface area contributed by atoms with Gasteiger partial charge in [-0.15, -0.1) is 10.2 Å². The molecule has 4 aromatic rings. The van der Waals surface area contributed by atoms with Gasteiger partial charge in [0.1, 0.15) is 26.9 Å². The smallest absolute Gasteiger partial charge is 0.397 e. The Morgan fingerprint density at radius 1 is 0.633 bits per heavy atom. The molecule has 2 amide bonds. The Morgan fingerprint density at radius 2 is 1.17 bits per heavy atom. The number of anilines is 2. The second kappa shape index (κ2) is 17.8. The van der Waals surface area contributed by atoms with Crippen LogP contribution in [-0.4, -0.2) is 99.5 Å². The van der Waals surface area contributed by atoms with Gasteiger partial charge in [-0.1, -0.05) is 12.1 Å². The number of nitrogen functional groups attached to an aromatic ring is 1. The zero-order valence-electron chi connectivity index (χ0n) is 29.6. The normalized spacial score (nSPS) is 13.3. The molecule has 0 heterocycles. The summed E-state index contributed by atoms with van der Waals surface area (Å²) in [4.78, 5) is 8.74. The third-order valence-corrected chi connectivity index (χ3v) is 13.6. The lowest BCUT2D eigenvalue weighted by Crippen LogP contribution is -2.19. The van der Waals surface area contributed by atoms with Gasteiger partial charge < -0.3 is 16.8 Å². The molecule has 0 unspecified atom stereocenters. The van der Waals surface area contributed by atoms with Crippen LogP contribution in [0.2, 0.25) is 0 Å². The molecular formula is C28H29N7O19S6. The Hall–Kier alpha value is -5.13. The van der Waals surface area contributed by atoms with Gasteiger partial charge in [-0.05, 0) is 53.9 Å². The quantitative estimate of drug-likeness (QED) is 0.0427. The van der Waals surface area contributed by atoms with E-state index < -0.39 is 129 Å².